The monoisotopic (exact) mass is 662 g/mol. The Labute approximate surface area is 191 Å². The molecule has 0 aliphatic rings. The maximum Gasteiger partial charge on any atom is 0.460 e. The van der Waals surface area contributed by atoms with Crippen molar-refractivity contribution < 1.29 is 84.5 Å². The lowest BCUT2D eigenvalue weighted by atomic mass is 9.88. The Morgan fingerprint density at radius 3 is 1.29 bits per heavy atom. The van der Waals surface area contributed by atoms with Gasteiger partial charge in [-0.15, -0.1) is 0 Å². The maximum absolute atomic E-state index is 13.6. The maximum atomic E-state index is 13.6. The van der Waals surface area contributed by atoms with Crippen LogP contribution in [-0.2, 0) is 4.74 Å². The highest BCUT2D eigenvalue weighted by molar-refractivity contribution is 14.1. The van der Waals surface area contributed by atoms with E-state index in [9.17, 15) is 74.6 Å². The average molecular weight is 662 g/mol. The molecule has 0 amide bonds. The smallest absolute Gasteiger partial charge is 0.395 e. The van der Waals surface area contributed by atoms with Crippen LogP contribution >= 0.6 is 22.6 Å². The van der Waals surface area contributed by atoms with Gasteiger partial charge in [-0.25, -0.2) is 0 Å². The van der Waals surface area contributed by atoms with E-state index in [1.54, 1.807) is 22.6 Å². The van der Waals surface area contributed by atoms with Crippen molar-refractivity contribution in [2.24, 2.45) is 0 Å². The first kappa shape index (κ1) is 33.5. The fourth-order valence-corrected chi connectivity index (χ4v) is 2.27. The molecule has 1 N–H and O–H groups in total. The molecule has 1 atom stereocenters. The van der Waals surface area contributed by atoms with Crippen LogP contribution in [0.3, 0.4) is 0 Å². The number of rotatable bonds is 13. The van der Waals surface area contributed by atoms with Gasteiger partial charge in [-0.1, -0.05) is 22.6 Å². The van der Waals surface area contributed by atoms with Gasteiger partial charge in [0.1, 0.15) is 0 Å². The summed E-state index contributed by atoms with van der Waals surface area (Å²) in [5.41, 5.74) is 0. The Hall–Kier alpha value is -0.540. The summed E-state index contributed by atoms with van der Waals surface area (Å²) in [6, 6.07) is 0. The molecule has 0 aliphatic carbocycles. The third-order valence-corrected chi connectivity index (χ3v) is 4.82. The van der Waals surface area contributed by atoms with Crippen LogP contribution in [-0.4, -0.2) is 76.5 Å². The number of halogens is 18. The minimum Gasteiger partial charge on any atom is -0.395 e. The summed E-state index contributed by atoms with van der Waals surface area (Å²) < 4.78 is 226. The van der Waals surface area contributed by atoms with Crippen LogP contribution in [0.2, 0.25) is 0 Å². The third-order valence-electron chi connectivity index (χ3n) is 4.06. The first-order chi connectivity index (χ1) is 14.7. The first-order valence-electron chi connectivity index (χ1n) is 8.24. The van der Waals surface area contributed by atoms with Crippen molar-refractivity contribution in [2.45, 2.75) is 64.4 Å². The van der Waals surface area contributed by atoms with Gasteiger partial charge in [0, 0.05) is 13.0 Å². The van der Waals surface area contributed by atoms with Crippen molar-refractivity contribution in [3.8, 4) is 0 Å². The number of hydrogen-bond donors (Lipinski definition) is 1. The summed E-state index contributed by atoms with van der Waals surface area (Å²) >= 11 is 1.55. The summed E-state index contributed by atoms with van der Waals surface area (Å²) in [5.74, 6) is -56.2. The molecule has 0 spiro atoms. The zero-order chi connectivity index (χ0) is 27.8. The quantitative estimate of drug-likeness (QED) is 0.105. The van der Waals surface area contributed by atoms with Crippen molar-refractivity contribution in [1.82, 2.24) is 0 Å². The molecule has 0 rings (SSSR count). The van der Waals surface area contributed by atoms with Gasteiger partial charge in [-0.2, -0.15) is 74.6 Å². The normalized spacial score (nSPS) is 16.7. The van der Waals surface area contributed by atoms with Gasteiger partial charge in [0.15, 0.2) is 0 Å². The van der Waals surface area contributed by atoms with Gasteiger partial charge in [-0.05, 0) is 6.42 Å². The Morgan fingerprint density at radius 2 is 0.941 bits per heavy atom. The van der Waals surface area contributed by atoms with Crippen LogP contribution < -0.4 is 0 Å². The molecule has 0 saturated heterocycles. The molecule has 0 aromatic heterocycles. The summed E-state index contributed by atoms with van der Waals surface area (Å²) in [7, 11) is 0. The second kappa shape index (κ2) is 10.1. The second-order valence-electron chi connectivity index (χ2n) is 6.61. The Bertz CT molecular complexity index is 676. The van der Waals surface area contributed by atoms with Crippen LogP contribution in [0.15, 0.2) is 0 Å². The topological polar surface area (TPSA) is 29.5 Å². The van der Waals surface area contributed by atoms with E-state index in [0.29, 0.717) is 0 Å². The predicted molar refractivity (Wildman–Crippen MR) is 85.6 cm³/mol. The Balaban J connectivity index is 6.07. The molecule has 206 valence electrons. The summed E-state index contributed by atoms with van der Waals surface area (Å²) in [4.78, 5) is 0. The first-order valence-corrected chi connectivity index (χ1v) is 9.49. The lowest BCUT2D eigenvalue weighted by Gasteiger charge is -2.42. The third kappa shape index (κ3) is 5.41. The van der Waals surface area contributed by atoms with E-state index in [-0.39, 0.29) is 0 Å². The van der Waals surface area contributed by atoms with Crippen LogP contribution in [0.1, 0.15) is 12.8 Å². The number of hydrogen-bond acceptors (Lipinski definition) is 2. The molecule has 1 unspecified atom stereocenters. The molecular formula is C14H12F17IO2. The molecule has 34 heavy (non-hydrogen) atoms. The van der Waals surface area contributed by atoms with Crippen LogP contribution in [0.25, 0.3) is 0 Å². The molecule has 0 heterocycles. The largest absolute Gasteiger partial charge is 0.460 e. The van der Waals surface area contributed by atoms with E-state index < -0.39 is 84.2 Å². The molecule has 20 heteroatoms. The Kier molecular flexibility index (Phi) is 9.92. The molecule has 0 saturated carbocycles. The van der Waals surface area contributed by atoms with Crippen molar-refractivity contribution in [3.63, 3.8) is 0 Å². The van der Waals surface area contributed by atoms with Crippen LogP contribution in [0.4, 0.5) is 74.6 Å². The van der Waals surface area contributed by atoms with E-state index >= 15 is 0 Å². The van der Waals surface area contributed by atoms with Crippen molar-refractivity contribution in [1.29, 1.82) is 0 Å². The van der Waals surface area contributed by atoms with E-state index in [4.69, 9.17) is 5.11 Å². The molecule has 0 aromatic rings. The van der Waals surface area contributed by atoms with E-state index in [1.807, 2.05) is 0 Å². The minimum atomic E-state index is -8.62. The number of ether oxygens (including phenoxy) is 1. The van der Waals surface area contributed by atoms with Crippen LogP contribution in [0, 0.1) is 0 Å². The lowest BCUT2D eigenvalue weighted by Crippen LogP contribution is -2.74. The number of aliphatic hydroxyl groups excluding tert-OH is 1. The SMILES string of the molecule is OCC(I)COCCCC(F)(F)C(F)(F)C(F)(F)C(F)(F)C(F)(F)C(F)(F)C(F)(F)C(F)(F)F. The van der Waals surface area contributed by atoms with Gasteiger partial charge in [0.05, 0.1) is 17.1 Å². The molecule has 0 aromatic carbocycles. The summed E-state index contributed by atoms with van der Waals surface area (Å²) in [6.45, 7) is -1.91. The van der Waals surface area contributed by atoms with Gasteiger partial charge in [0.2, 0.25) is 0 Å². The fraction of sp³-hybridized carbons (Fsp3) is 1.00. The standard InChI is InChI=1S/C14H12F17IO2/c15-7(16,2-1-3-34-5-6(32)4-33)8(17,18)9(19,20)10(21,22)11(23,24)12(25,26)13(27,28)14(29,30)31/h6,33H,1-5H2. The summed E-state index contributed by atoms with van der Waals surface area (Å²) in [6.07, 6.45) is -11.7. The molecule has 2 nitrogen and oxygen atoms in total. The highest BCUT2D eigenvalue weighted by Crippen LogP contribution is 2.64. The van der Waals surface area contributed by atoms with Gasteiger partial charge >= 0.3 is 47.6 Å². The average Bonchev–Trinajstić information content (AvgIpc) is 2.65. The van der Waals surface area contributed by atoms with Gasteiger partial charge < -0.3 is 9.84 Å². The lowest BCUT2D eigenvalue weighted by molar-refractivity contribution is -0.461. The van der Waals surface area contributed by atoms with Crippen LogP contribution in [0.5, 0.6) is 0 Å². The highest BCUT2D eigenvalue weighted by Gasteiger charge is 2.95. The molecular weight excluding hydrogens is 650 g/mol. The van der Waals surface area contributed by atoms with E-state index in [0.717, 1.165) is 0 Å². The molecule has 0 fully saturated rings. The molecule has 0 radical (unpaired) electrons. The zero-order valence-electron chi connectivity index (χ0n) is 15.8. The van der Waals surface area contributed by atoms with Gasteiger partial charge in [0.25, 0.3) is 0 Å². The molecule has 0 aliphatic heterocycles. The van der Waals surface area contributed by atoms with E-state index in [1.165, 1.54) is 0 Å². The van der Waals surface area contributed by atoms with E-state index in [2.05, 4.69) is 4.74 Å². The van der Waals surface area contributed by atoms with Crippen molar-refractivity contribution in [2.75, 3.05) is 19.8 Å². The van der Waals surface area contributed by atoms with Gasteiger partial charge in [-0.3, -0.25) is 0 Å². The number of alkyl halides is 18. The zero-order valence-corrected chi connectivity index (χ0v) is 17.9. The number of aliphatic hydroxyl groups is 1. The second-order valence-corrected chi connectivity index (χ2v) is 8.37. The predicted octanol–water partition coefficient (Wildman–Crippen LogP) is 6.59. The van der Waals surface area contributed by atoms with Crippen molar-refractivity contribution >= 4 is 22.6 Å². The highest BCUT2D eigenvalue weighted by atomic mass is 127. The minimum absolute atomic E-state index is 0.415. The van der Waals surface area contributed by atoms with Crippen molar-refractivity contribution in [3.05, 3.63) is 0 Å². The molecule has 0 bridgehead atoms. The Morgan fingerprint density at radius 1 is 0.588 bits per heavy atom. The summed E-state index contributed by atoms with van der Waals surface area (Å²) in [5, 5.41) is 8.63. The fourth-order valence-electron chi connectivity index (χ4n) is 2.01.